The first-order valence-electron chi connectivity index (χ1n) is 19.5. The summed E-state index contributed by atoms with van der Waals surface area (Å²) in [7, 11) is 1.48. The Morgan fingerprint density at radius 2 is 2.00 bits per heavy atom. The topological polar surface area (TPSA) is 188 Å². The standard InChI is InChI=1S/C44H44N2O11/c1-54-26-15-31-30-14-13-23-8-6-11-28(23)36(30)38(33(48)19-46-18-24-7-2-3-10-29(24)42(46)52)40(50)37(31)34(16-26)56-43-44(53,22-47)41(51)39(49)35(57-43)21-55-20-25-17-45-32-12-5-4-9-27(25)32/h2-5,7,9-10,12,15-17,23,28,35,39,41,43,47,49,51,53H,6,8,11,13-14,18-22H2,1H3/p+1/t23-,28+,35-,39-,41+,43-,44-/m1/s1. The minimum atomic E-state index is -2.53. The fourth-order valence-corrected chi connectivity index (χ4v) is 9.60. The van der Waals surface area contributed by atoms with Crippen molar-refractivity contribution in [3.05, 3.63) is 106 Å². The highest BCUT2D eigenvalue weighted by Gasteiger charge is 2.56. The summed E-state index contributed by atoms with van der Waals surface area (Å²) in [6.07, 6.45) is 7.01. The van der Waals surface area contributed by atoms with E-state index in [0.29, 0.717) is 29.0 Å². The fourth-order valence-electron chi connectivity index (χ4n) is 9.60. The van der Waals surface area contributed by atoms with Gasteiger partial charge in [0.05, 0.1) is 49.6 Å². The first kappa shape index (κ1) is 37.6. The number of ether oxygens (including phenoxy) is 4. The van der Waals surface area contributed by atoms with E-state index in [9.17, 15) is 35.1 Å². The van der Waals surface area contributed by atoms with Crippen LogP contribution in [0.2, 0.25) is 0 Å². The molecule has 1 saturated heterocycles. The van der Waals surface area contributed by atoms with Crippen LogP contribution < -0.4 is 9.47 Å². The fraction of sp³-hybridized carbons (Fsp3) is 0.409. The summed E-state index contributed by atoms with van der Waals surface area (Å²) in [5, 5.41) is 57.6. The number of phenols is 1. The molecule has 9 rings (SSSR count). The number of phenolic OH excluding ortho intramolecular Hbond substituents is 1. The first-order valence-corrected chi connectivity index (χ1v) is 19.5. The Hall–Kier alpha value is -5.02. The SMILES string of the molecule is COc1cc(O[C@@H]2O[C@H](COCC3=C4[CH+]C=CC=C4N=C3)[C@@H](O)[C@H](O)[C@]2(O)CO)c2c(O)c(C(=O)CN3Cc4ccccc4C3=O)c3c(c2c1)CC[C@H]1CCC[C@H]31. The molecule has 3 heterocycles. The number of amides is 1. The molecule has 3 aliphatic carbocycles. The number of aromatic hydroxyl groups is 1. The second kappa shape index (κ2) is 14.7. The van der Waals surface area contributed by atoms with Crippen LogP contribution in [0, 0.1) is 12.3 Å². The van der Waals surface area contributed by atoms with E-state index in [1.54, 1.807) is 24.4 Å². The number of carbonyl (C=O) groups excluding carboxylic acids is 2. The van der Waals surface area contributed by atoms with E-state index in [2.05, 4.69) is 4.99 Å². The molecule has 3 aromatic carbocycles. The van der Waals surface area contributed by atoms with Gasteiger partial charge >= 0.3 is 0 Å². The highest BCUT2D eigenvalue weighted by Crippen LogP contribution is 2.54. The largest absolute Gasteiger partial charge is 0.506 e. The van der Waals surface area contributed by atoms with Gasteiger partial charge in [-0.05, 0) is 71.7 Å². The molecule has 296 valence electrons. The minimum Gasteiger partial charge on any atom is -0.506 e. The molecule has 0 aromatic heterocycles. The van der Waals surface area contributed by atoms with E-state index in [4.69, 9.17) is 18.9 Å². The summed E-state index contributed by atoms with van der Waals surface area (Å²) < 4.78 is 24.1. The summed E-state index contributed by atoms with van der Waals surface area (Å²) in [6, 6.07) is 10.5. The molecule has 0 radical (unpaired) electrons. The Morgan fingerprint density at radius 3 is 2.81 bits per heavy atom. The number of ketones is 1. The molecule has 1 amide bonds. The molecule has 6 aliphatic rings. The number of methoxy groups -OCH3 is 1. The molecule has 13 nitrogen and oxygen atoms in total. The van der Waals surface area contributed by atoms with Crippen molar-refractivity contribution in [1.82, 2.24) is 4.90 Å². The number of benzene rings is 3. The molecular formula is C44H45N2O11+. The van der Waals surface area contributed by atoms with Crippen molar-refractivity contribution in [1.29, 1.82) is 0 Å². The van der Waals surface area contributed by atoms with Gasteiger partial charge < -0.3 is 49.4 Å². The summed E-state index contributed by atoms with van der Waals surface area (Å²) in [6.45, 7) is -1.14. The van der Waals surface area contributed by atoms with Crippen LogP contribution in [-0.4, -0.2) is 112 Å². The van der Waals surface area contributed by atoms with Crippen LogP contribution in [0.5, 0.6) is 17.2 Å². The zero-order valence-electron chi connectivity index (χ0n) is 31.5. The van der Waals surface area contributed by atoms with Gasteiger partial charge in [0.15, 0.2) is 17.1 Å². The highest BCUT2D eigenvalue weighted by molar-refractivity contribution is 6.12. The summed E-state index contributed by atoms with van der Waals surface area (Å²) in [5.41, 5.74) is 3.15. The Bertz CT molecular complexity index is 2280. The van der Waals surface area contributed by atoms with Crippen LogP contribution >= 0.6 is 0 Å². The Balaban J connectivity index is 1.08. The number of aliphatic hydroxyl groups is 4. The van der Waals surface area contributed by atoms with Crippen LogP contribution in [0.25, 0.3) is 10.8 Å². The van der Waals surface area contributed by atoms with Gasteiger partial charge in [0.25, 0.3) is 5.91 Å². The molecule has 3 aliphatic heterocycles. The quantitative estimate of drug-likeness (QED) is 0.141. The van der Waals surface area contributed by atoms with Gasteiger partial charge in [-0.1, -0.05) is 24.6 Å². The van der Waals surface area contributed by atoms with Gasteiger partial charge in [0, 0.05) is 42.8 Å². The van der Waals surface area contributed by atoms with Gasteiger partial charge in [0.1, 0.15) is 47.7 Å². The number of Topliss-reactive ketones (excluding diaryl/α,β-unsaturated/α-hetero) is 1. The lowest BCUT2D eigenvalue weighted by molar-refractivity contribution is -0.328. The van der Waals surface area contributed by atoms with Crippen molar-refractivity contribution in [2.75, 3.05) is 33.5 Å². The maximum absolute atomic E-state index is 14.6. The molecule has 0 unspecified atom stereocenters. The van der Waals surface area contributed by atoms with Gasteiger partial charge in [0.2, 0.25) is 6.29 Å². The number of nitrogens with zero attached hydrogens (tertiary/aromatic N) is 2. The molecule has 3 aromatic rings. The van der Waals surface area contributed by atoms with Crippen molar-refractivity contribution in [3.63, 3.8) is 0 Å². The van der Waals surface area contributed by atoms with Gasteiger partial charge in [-0.25, -0.2) is 0 Å². The Kier molecular flexibility index (Phi) is 9.70. The van der Waals surface area contributed by atoms with Gasteiger partial charge in [-0.3, -0.25) is 9.59 Å². The maximum atomic E-state index is 14.6. The predicted octanol–water partition coefficient (Wildman–Crippen LogP) is 3.83. The van der Waals surface area contributed by atoms with Crippen LogP contribution in [0.1, 0.15) is 69.0 Å². The number of allylic oxidation sites excluding steroid dienone is 4. The Labute approximate surface area is 329 Å². The maximum Gasteiger partial charge on any atom is 0.254 e. The van der Waals surface area contributed by atoms with E-state index < -0.39 is 42.6 Å². The van der Waals surface area contributed by atoms with Crippen LogP contribution in [0.3, 0.4) is 0 Å². The number of aryl methyl sites for hydroxylation is 1. The lowest BCUT2D eigenvalue weighted by Gasteiger charge is -2.47. The number of fused-ring (bicyclic) bond motifs is 7. The molecule has 5 N–H and O–H groups in total. The number of hydrogen-bond donors (Lipinski definition) is 5. The molecule has 13 heteroatoms. The number of carbonyl (C=O) groups is 2. The van der Waals surface area contributed by atoms with E-state index in [-0.39, 0.29) is 60.6 Å². The third kappa shape index (κ3) is 6.24. The number of rotatable bonds is 11. The number of hydrogen-bond acceptors (Lipinski definition) is 12. The molecule has 2 fully saturated rings. The average molecular weight is 778 g/mol. The number of aliphatic hydroxyl groups excluding tert-OH is 3. The zero-order valence-corrected chi connectivity index (χ0v) is 31.5. The van der Waals surface area contributed by atoms with E-state index >= 15 is 0 Å². The molecule has 0 bridgehead atoms. The molecule has 57 heavy (non-hydrogen) atoms. The lowest BCUT2D eigenvalue weighted by Crippen LogP contribution is -2.69. The van der Waals surface area contributed by atoms with E-state index in [0.717, 1.165) is 59.2 Å². The van der Waals surface area contributed by atoms with Crippen molar-refractivity contribution in [2.24, 2.45) is 10.9 Å². The normalized spacial score (nSPS) is 28.5. The summed E-state index contributed by atoms with van der Waals surface area (Å²) in [5.74, 6) is -0.329. The van der Waals surface area contributed by atoms with Crippen molar-refractivity contribution < 1.29 is 54.1 Å². The molecule has 0 spiro atoms. The number of aliphatic imine (C=N–C) groups is 1. The average Bonchev–Trinajstić information content (AvgIpc) is 3.96. The summed E-state index contributed by atoms with van der Waals surface area (Å²) >= 11 is 0. The van der Waals surface area contributed by atoms with Crippen molar-refractivity contribution in [2.45, 2.75) is 74.8 Å². The van der Waals surface area contributed by atoms with Gasteiger partial charge in [-0.15, -0.1) is 0 Å². The Morgan fingerprint density at radius 1 is 1.16 bits per heavy atom. The zero-order chi connectivity index (χ0) is 39.6. The smallest absolute Gasteiger partial charge is 0.254 e. The third-order valence-electron chi connectivity index (χ3n) is 12.6. The highest BCUT2D eigenvalue weighted by atomic mass is 16.7. The van der Waals surface area contributed by atoms with Crippen molar-refractivity contribution >= 4 is 28.7 Å². The lowest BCUT2D eigenvalue weighted by atomic mass is 9.72. The van der Waals surface area contributed by atoms with Crippen molar-refractivity contribution in [3.8, 4) is 17.2 Å². The molecule has 1 saturated carbocycles. The molecular weight excluding hydrogens is 732 g/mol. The van der Waals surface area contributed by atoms with Gasteiger partial charge in [-0.2, -0.15) is 4.99 Å². The second-order valence-corrected chi connectivity index (χ2v) is 15.8. The second-order valence-electron chi connectivity index (χ2n) is 15.8. The summed E-state index contributed by atoms with van der Waals surface area (Å²) in [4.78, 5) is 33.9. The monoisotopic (exact) mass is 777 g/mol. The van der Waals surface area contributed by atoms with Crippen LogP contribution in [0.15, 0.2) is 76.5 Å². The van der Waals surface area contributed by atoms with Crippen LogP contribution in [-0.2, 0) is 22.4 Å². The minimum absolute atomic E-state index is 0.0331. The van der Waals surface area contributed by atoms with Crippen LogP contribution in [0.4, 0.5) is 0 Å². The van der Waals surface area contributed by atoms with E-state index in [1.807, 2.05) is 36.8 Å². The third-order valence-corrected chi connectivity index (χ3v) is 12.6. The first-order chi connectivity index (χ1) is 27.6. The van der Waals surface area contributed by atoms with E-state index in [1.165, 1.54) is 18.1 Å². The molecule has 7 atom stereocenters. The predicted molar refractivity (Wildman–Crippen MR) is 207 cm³/mol.